The number of thiazole rings is 1. The molecule has 11 nitrogen and oxygen atoms in total. The van der Waals surface area contributed by atoms with E-state index in [1.165, 1.54) is 4.57 Å². The van der Waals surface area contributed by atoms with E-state index < -0.39 is 12.3 Å². The number of carbonyl (C=O) groups is 1. The Hall–Kier alpha value is -2.44. The molecular weight excluding hydrogens is 366 g/mol. The number of nitrogens with zero attached hydrogens (tertiary/aromatic N) is 3. The average molecular weight is 385 g/mol. The number of rotatable bonds is 6. The van der Waals surface area contributed by atoms with Gasteiger partial charge in [-0.1, -0.05) is 11.3 Å². The first-order valence-corrected chi connectivity index (χ1v) is 8.83. The van der Waals surface area contributed by atoms with Gasteiger partial charge in [-0.15, -0.1) is 0 Å². The lowest BCUT2D eigenvalue weighted by molar-refractivity contribution is -0.0214. The second-order valence-electron chi connectivity index (χ2n) is 5.44. The number of fused-ring (bicyclic) bond motifs is 1. The Kier molecular flexibility index (Phi) is 5.54. The van der Waals surface area contributed by atoms with Gasteiger partial charge in [0.2, 0.25) is 11.8 Å². The second-order valence-corrected chi connectivity index (χ2v) is 6.40. The van der Waals surface area contributed by atoms with Gasteiger partial charge in [-0.3, -0.25) is 14.7 Å². The van der Waals surface area contributed by atoms with E-state index in [0.29, 0.717) is 23.2 Å². The molecule has 1 saturated heterocycles. The van der Waals surface area contributed by atoms with Crippen molar-refractivity contribution < 1.29 is 24.1 Å². The van der Waals surface area contributed by atoms with Gasteiger partial charge in [0.25, 0.3) is 0 Å². The SMILES string of the molecule is CCOC(=O)NCOc1nc(N)nc2c1sc(=O)n2C1CCC(CO)O1. The van der Waals surface area contributed by atoms with Crippen molar-refractivity contribution in [1.29, 1.82) is 0 Å². The van der Waals surface area contributed by atoms with Gasteiger partial charge in [0.05, 0.1) is 19.3 Å². The number of carbonyl (C=O) groups excluding carboxylic acids is 1. The molecule has 4 N–H and O–H groups in total. The Morgan fingerprint density at radius 2 is 2.31 bits per heavy atom. The summed E-state index contributed by atoms with van der Waals surface area (Å²) >= 11 is 0.894. The van der Waals surface area contributed by atoms with Gasteiger partial charge in [0.15, 0.2) is 12.4 Å². The highest BCUT2D eigenvalue weighted by Gasteiger charge is 2.30. The standard InChI is InChI=1S/C14H19N5O6S/c1-2-23-13(21)16-6-24-11-9-10(17-12(15)18-11)19(14(22)26-9)8-4-3-7(5-20)25-8/h7-8,20H,2-6H2,1H3,(H,16,21)(H2,15,17,18). The van der Waals surface area contributed by atoms with Crippen molar-refractivity contribution in [2.45, 2.75) is 32.1 Å². The van der Waals surface area contributed by atoms with Crippen LogP contribution in [0.5, 0.6) is 5.88 Å². The first-order chi connectivity index (χ1) is 12.5. The minimum absolute atomic E-state index is 0.0770. The van der Waals surface area contributed by atoms with Crippen molar-refractivity contribution >= 4 is 33.7 Å². The van der Waals surface area contributed by atoms with Crippen LogP contribution in [0.15, 0.2) is 4.79 Å². The zero-order valence-electron chi connectivity index (χ0n) is 14.0. The lowest BCUT2D eigenvalue weighted by Gasteiger charge is -2.14. The summed E-state index contributed by atoms with van der Waals surface area (Å²) < 4.78 is 17.6. The number of hydrogen-bond acceptors (Lipinski definition) is 10. The number of aromatic nitrogens is 3. The van der Waals surface area contributed by atoms with Gasteiger partial charge in [-0.05, 0) is 19.8 Å². The van der Waals surface area contributed by atoms with E-state index in [-0.39, 0.29) is 42.7 Å². The molecule has 0 saturated carbocycles. The van der Waals surface area contributed by atoms with Gasteiger partial charge in [-0.25, -0.2) is 4.79 Å². The summed E-state index contributed by atoms with van der Waals surface area (Å²) in [4.78, 5) is 31.5. The van der Waals surface area contributed by atoms with Crippen molar-refractivity contribution in [3.05, 3.63) is 9.67 Å². The van der Waals surface area contributed by atoms with E-state index >= 15 is 0 Å². The Bertz CT molecular complexity index is 852. The smallest absolute Gasteiger partial charge is 0.409 e. The first-order valence-electron chi connectivity index (χ1n) is 8.01. The molecular formula is C14H19N5O6S. The van der Waals surface area contributed by atoms with Gasteiger partial charge in [-0.2, -0.15) is 9.97 Å². The summed E-state index contributed by atoms with van der Waals surface area (Å²) in [5, 5.41) is 11.6. The third kappa shape index (κ3) is 3.71. The van der Waals surface area contributed by atoms with Crippen LogP contribution < -0.4 is 20.7 Å². The highest BCUT2D eigenvalue weighted by atomic mass is 32.1. The maximum Gasteiger partial charge on any atom is 0.409 e. The van der Waals surface area contributed by atoms with Crippen LogP contribution >= 0.6 is 11.3 Å². The molecule has 1 amide bonds. The molecule has 2 unspecified atom stereocenters. The van der Waals surface area contributed by atoms with Crippen LogP contribution in [0, 0.1) is 0 Å². The predicted octanol–water partition coefficient (Wildman–Crippen LogP) is 0.187. The molecule has 0 spiro atoms. The van der Waals surface area contributed by atoms with Crippen molar-refractivity contribution in [2.24, 2.45) is 0 Å². The maximum atomic E-state index is 12.4. The summed E-state index contributed by atoms with van der Waals surface area (Å²) in [6.45, 7) is 1.60. The van der Waals surface area contributed by atoms with Crippen LogP contribution in [0.4, 0.5) is 10.7 Å². The van der Waals surface area contributed by atoms with E-state index in [1.54, 1.807) is 6.92 Å². The molecule has 0 aliphatic carbocycles. The quantitative estimate of drug-likeness (QED) is 0.592. The van der Waals surface area contributed by atoms with Crippen LogP contribution in [0.25, 0.3) is 10.3 Å². The van der Waals surface area contributed by atoms with Crippen LogP contribution in [-0.4, -0.2) is 51.8 Å². The molecule has 3 heterocycles. The molecule has 0 aromatic carbocycles. The molecule has 1 aliphatic heterocycles. The van der Waals surface area contributed by atoms with Crippen LogP contribution in [0.1, 0.15) is 26.0 Å². The zero-order valence-corrected chi connectivity index (χ0v) is 14.8. The topological polar surface area (TPSA) is 151 Å². The molecule has 0 radical (unpaired) electrons. The zero-order chi connectivity index (χ0) is 18.7. The van der Waals surface area contributed by atoms with Crippen molar-refractivity contribution in [3.63, 3.8) is 0 Å². The van der Waals surface area contributed by atoms with Crippen molar-refractivity contribution in [2.75, 3.05) is 25.7 Å². The van der Waals surface area contributed by atoms with Gasteiger partial charge < -0.3 is 25.1 Å². The van der Waals surface area contributed by atoms with Crippen LogP contribution in [0.2, 0.25) is 0 Å². The van der Waals surface area contributed by atoms with E-state index in [4.69, 9.17) is 19.9 Å². The number of anilines is 1. The number of ether oxygens (including phenoxy) is 3. The Balaban J connectivity index is 1.86. The van der Waals surface area contributed by atoms with Crippen LogP contribution in [-0.2, 0) is 9.47 Å². The van der Waals surface area contributed by atoms with Crippen molar-refractivity contribution in [3.8, 4) is 5.88 Å². The fourth-order valence-corrected chi connectivity index (χ4v) is 3.52. The molecule has 1 aliphatic rings. The molecule has 2 atom stereocenters. The number of aliphatic hydroxyl groups excluding tert-OH is 1. The largest absolute Gasteiger partial charge is 0.455 e. The lowest BCUT2D eigenvalue weighted by Crippen LogP contribution is -2.28. The van der Waals surface area contributed by atoms with Gasteiger partial charge in [0, 0.05) is 0 Å². The third-order valence-electron chi connectivity index (χ3n) is 3.73. The minimum atomic E-state index is -0.633. The second kappa shape index (κ2) is 7.85. The normalized spacial score (nSPS) is 19.6. The van der Waals surface area contributed by atoms with Crippen molar-refractivity contribution in [1.82, 2.24) is 19.9 Å². The number of nitrogens with one attached hydrogen (secondary N) is 1. The molecule has 12 heteroatoms. The summed E-state index contributed by atoms with van der Waals surface area (Å²) in [5.41, 5.74) is 6.02. The Morgan fingerprint density at radius 3 is 3.00 bits per heavy atom. The average Bonchev–Trinajstić information content (AvgIpc) is 3.18. The maximum absolute atomic E-state index is 12.4. The van der Waals surface area contributed by atoms with E-state index in [9.17, 15) is 14.7 Å². The van der Waals surface area contributed by atoms with E-state index in [0.717, 1.165) is 11.3 Å². The number of alkyl carbamates (subject to hydrolysis) is 1. The summed E-state index contributed by atoms with van der Waals surface area (Å²) in [5.74, 6) is 0.00810. The molecule has 26 heavy (non-hydrogen) atoms. The summed E-state index contributed by atoms with van der Waals surface area (Å²) in [6, 6.07) is 0. The van der Waals surface area contributed by atoms with E-state index in [1.807, 2.05) is 0 Å². The number of amides is 1. The summed E-state index contributed by atoms with van der Waals surface area (Å²) in [6.07, 6.45) is -0.274. The summed E-state index contributed by atoms with van der Waals surface area (Å²) in [7, 11) is 0. The number of nitrogen functional groups attached to an aromatic ring is 1. The molecule has 1 fully saturated rings. The third-order valence-corrected chi connectivity index (χ3v) is 4.66. The van der Waals surface area contributed by atoms with Gasteiger partial charge >= 0.3 is 11.0 Å². The van der Waals surface area contributed by atoms with Gasteiger partial charge in [0.1, 0.15) is 10.9 Å². The predicted molar refractivity (Wildman–Crippen MR) is 92.0 cm³/mol. The number of hydrogen-bond donors (Lipinski definition) is 3. The fraction of sp³-hybridized carbons (Fsp3) is 0.571. The van der Waals surface area contributed by atoms with Crippen LogP contribution in [0.3, 0.4) is 0 Å². The molecule has 2 aromatic heterocycles. The Morgan fingerprint density at radius 1 is 1.50 bits per heavy atom. The lowest BCUT2D eigenvalue weighted by atomic mass is 10.2. The monoisotopic (exact) mass is 385 g/mol. The molecule has 142 valence electrons. The Labute approximate surface area is 151 Å². The number of nitrogens with two attached hydrogens (primary N) is 1. The molecule has 0 bridgehead atoms. The molecule has 3 rings (SSSR count). The van der Waals surface area contributed by atoms with E-state index in [2.05, 4.69) is 15.3 Å². The number of aliphatic hydroxyl groups is 1. The minimum Gasteiger partial charge on any atom is -0.455 e. The fourth-order valence-electron chi connectivity index (χ4n) is 2.62. The first kappa shape index (κ1) is 18.4. The molecule has 2 aromatic rings. The highest BCUT2D eigenvalue weighted by molar-refractivity contribution is 7.16. The highest BCUT2D eigenvalue weighted by Crippen LogP contribution is 2.33.